The number of hydrogen-bond acceptors (Lipinski definition) is 3. The molecular formula is C16H33NO3. The molecule has 0 spiro atoms. The van der Waals surface area contributed by atoms with Crippen LogP contribution < -0.4 is 0 Å². The van der Waals surface area contributed by atoms with Gasteiger partial charge in [-0.05, 0) is 13.5 Å². The van der Waals surface area contributed by atoms with Crippen LogP contribution in [0.15, 0.2) is 0 Å². The second-order valence-corrected chi connectivity index (χ2v) is 5.82. The predicted octanol–water partition coefficient (Wildman–Crippen LogP) is 3.28. The summed E-state index contributed by atoms with van der Waals surface area (Å²) in [4.78, 5) is 12.3. The predicted molar refractivity (Wildman–Crippen MR) is 83.0 cm³/mol. The lowest BCUT2D eigenvalue weighted by atomic mass is 10.1. The molecule has 0 saturated heterocycles. The van der Waals surface area contributed by atoms with Gasteiger partial charge < -0.3 is 15.1 Å². The van der Waals surface area contributed by atoms with Crippen LogP contribution in [0.25, 0.3) is 0 Å². The monoisotopic (exact) mass is 287 g/mol. The largest absolute Gasteiger partial charge is 0.481 e. The van der Waals surface area contributed by atoms with Crippen LogP contribution in [-0.2, 0) is 4.79 Å². The summed E-state index contributed by atoms with van der Waals surface area (Å²) in [6.07, 6.45) is 10.8. The fraction of sp³-hybridized carbons (Fsp3) is 0.938. The minimum Gasteiger partial charge on any atom is -0.481 e. The highest BCUT2D eigenvalue weighted by Gasteiger charge is 2.09. The van der Waals surface area contributed by atoms with E-state index in [0.717, 1.165) is 12.8 Å². The lowest BCUT2D eigenvalue weighted by Gasteiger charge is -2.19. The van der Waals surface area contributed by atoms with E-state index in [2.05, 4.69) is 6.92 Å². The second kappa shape index (κ2) is 13.4. The highest BCUT2D eigenvalue weighted by molar-refractivity contribution is 5.66. The van der Waals surface area contributed by atoms with E-state index in [9.17, 15) is 9.90 Å². The van der Waals surface area contributed by atoms with Crippen molar-refractivity contribution in [2.45, 2.75) is 77.2 Å². The number of aliphatic hydroxyl groups is 1. The number of unbranched alkanes of at least 4 members (excludes halogenated alkanes) is 7. The molecule has 0 heterocycles. The highest BCUT2D eigenvalue weighted by atomic mass is 16.4. The Kier molecular flexibility index (Phi) is 13.0. The number of rotatable bonds is 14. The summed E-state index contributed by atoms with van der Waals surface area (Å²) in [7, 11) is 1.86. The first kappa shape index (κ1) is 19.4. The Morgan fingerprint density at radius 2 is 1.60 bits per heavy atom. The van der Waals surface area contributed by atoms with Gasteiger partial charge >= 0.3 is 5.97 Å². The Balaban J connectivity index is 3.35. The Morgan fingerprint density at radius 3 is 2.15 bits per heavy atom. The third kappa shape index (κ3) is 13.8. The lowest BCUT2D eigenvalue weighted by Crippen LogP contribution is -2.30. The van der Waals surface area contributed by atoms with Gasteiger partial charge in [-0.25, -0.2) is 0 Å². The molecule has 0 saturated carbocycles. The first-order chi connectivity index (χ1) is 9.56. The van der Waals surface area contributed by atoms with Crippen molar-refractivity contribution < 1.29 is 15.0 Å². The van der Waals surface area contributed by atoms with E-state index < -0.39 is 5.97 Å². The van der Waals surface area contributed by atoms with E-state index >= 15 is 0 Å². The topological polar surface area (TPSA) is 60.8 Å². The third-order valence-electron chi connectivity index (χ3n) is 3.62. The lowest BCUT2D eigenvalue weighted by molar-refractivity contribution is -0.137. The van der Waals surface area contributed by atoms with Gasteiger partial charge in [0.15, 0.2) is 0 Å². The smallest absolute Gasteiger partial charge is 0.304 e. The molecule has 0 aromatic heterocycles. The van der Waals surface area contributed by atoms with Crippen molar-refractivity contribution in [3.05, 3.63) is 0 Å². The van der Waals surface area contributed by atoms with E-state index in [4.69, 9.17) is 5.11 Å². The van der Waals surface area contributed by atoms with Gasteiger partial charge in [0.2, 0.25) is 0 Å². The number of carboxylic acids is 1. The molecule has 0 fully saturated rings. The molecule has 0 radical (unpaired) electrons. The van der Waals surface area contributed by atoms with Crippen LogP contribution in [-0.4, -0.2) is 47.3 Å². The van der Waals surface area contributed by atoms with Crippen LogP contribution in [0.2, 0.25) is 0 Å². The van der Waals surface area contributed by atoms with E-state index in [1.807, 2.05) is 11.9 Å². The van der Waals surface area contributed by atoms with E-state index in [1.54, 1.807) is 0 Å². The van der Waals surface area contributed by atoms with Crippen LogP contribution in [0.5, 0.6) is 0 Å². The van der Waals surface area contributed by atoms with Crippen molar-refractivity contribution in [1.82, 2.24) is 4.90 Å². The number of aliphatic carboxylic acids is 1. The summed E-state index contributed by atoms with van der Waals surface area (Å²) in [5, 5.41) is 18.5. The van der Waals surface area contributed by atoms with Gasteiger partial charge in [0.25, 0.3) is 0 Å². The van der Waals surface area contributed by atoms with Crippen LogP contribution in [0, 0.1) is 0 Å². The van der Waals surface area contributed by atoms with Gasteiger partial charge in [-0.2, -0.15) is 0 Å². The fourth-order valence-corrected chi connectivity index (χ4v) is 2.34. The highest BCUT2D eigenvalue weighted by Crippen LogP contribution is 2.11. The number of carboxylic acid groups (broad SMARTS) is 1. The number of likely N-dealkylation sites (N-methyl/N-ethyl adjacent to an activating group) is 1. The number of carbonyl (C=O) groups is 1. The van der Waals surface area contributed by atoms with Gasteiger partial charge in [-0.15, -0.1) is 0 Å². The van der Waals surface area contributed by atoms with Crippen LogP contribution >= 0.6 is 0 Å². The molecule has 1 unspecified atom stereocenters. The van der Waals surface area contributed by atoms with E-state index in [-0.39, 0.29) is 12.5 Å². The molecule has 0 aliphatic heterocycles. The minimum absolute atomic E-state index is 0.140. The molecule has 0 aliphatic carbocycles. The molecule has 2 N–H and O–H groups in total. The number of hydrogen-bond donors (Lipinski definition) is 2. The molecule has 0 bridgehead atoms. The first-order valence-electron chi connectivity index (χ1n) is 8.14. The maximum Gasteiger partial charge on any atom is 0.304 e. The average molecular weight is 287 g/mol. The standard InChI is InChI=1S/C16H33NO3/c1-3-4-5-6-7-8-9-10-11-15(18)14-17(2)13-12-16(19)20/h15,18H,3-14H2,1-2H3,(H,19,20). The zero-order chi connectivity index (χ0) is 15.2. The number of aliphatic hydroxyl groups excluding tert-OH is 1. The van der Waals surface area contributed by atoms with Gasteiger partial charge in [0, 0.05) is 13.1 Å². The molecule has 0 aliphatic rings. The molecule has 0 aromatic rings. The molecule has 0 amide bonds. The average Bonchev–Trinajstić information content (AvgIpc) is 2.39. The summed E-state index contributed by atoms with van der Waals surface area (Å²) >= 11 is 0. The normalized spacial score (nSPS) is 12.8. The summed E-state index contributed by atoms with van der Waals surface area (Å²) < 4.78 is 0. The third-order valence-corrected chi connectivity index (χ3v) is 3.62. The van der Waals surface area contributed by atoms with E-state index in [0.29, 0.717) is 13.1 Å². The summed E-state index contributed by atoms with van der Waals surface area (Å²) in [5.41, 5.74) is 0. The molecule has 20 heavy (non-hydrogen) atoms. The maximum atomic E-state index is 10.4. The summed E-state index contributed by atoms with van der Waals surface area (Å²) in [5.74, 6) is -0.783. The molecule has 4 nitrogen and oxygen atoms in total. The van der Waals surface area contributed by atoms with Crippen molar-refractivity contribution in [3.8, 4) is 0 Å². The first-order valence-corrected chi connectivity index (χ1v) is 8.14. The Hall–Kier alpha value is -0.610. The molecule has 4 heteroatoms. The van der Waals surface area contributed by atoms with Crippen LogP contribution in [0.4, 0.5) is 0 Å². The van der Waals surface area contributed by atoms with Gasteiger partial charge in [-0.1, -0.05) is 58.3 Å². The van der Waals surface area contributed by atoms with Crippen molar-refractivity contribution in [3.63, 3.8) is 0 Å². The Bertz CT molecular complexity index is 234. The van der Waals surface area contributed by atoms with E-state index in [1.165, 1.54) is 44.9 Å². The number of nitrogens with zero attached hydrogens (tertiary/aromatic N) is 1. The molecule has 0 aromatic carbocycles. The van der Waals surface area contributed by atoms with Crippen LogP contribution in [0.1, 0.15) is 71.1 Å². The second-order valence-electron chi connectivity index (χ2n) is 5.82. The Labute approximate surface area is 124 Å². The van der Waals surface area contributed by atoms with Gasteiger partial charge in [-0.3, -0.25) is 4.79 Å². The fourth-order valence-electron chi connectivity index (χ4n) is 2.34. The van der Waals surface area contributed by atoms with Crippen molar-refractivity contribution >= 4 is 5.97 Å². The molecule has 1 atom stereocenters. The molecular weight excluding hydrogens is 254 g/mol. The van der Waals surface area contributed by atoms with Crippen LogP contribution in [0.3, 0.4) is 0 Å². The summed E-state index contributed by atoms with van der Waals surface area (Å²) in [6.45, 7) is 3.31. The van der Waals surface area contributed by atoms with Gasteiger partial charge in [0.05, 0.1) is 12.5 Å². The minimum atomic E-state index is -0.783. The van der Waals surface area contributed by atoms with Crippen molar-refractivity contribution in [1.29, 1.82) is 0 Å². The zero-order valence-electron chi connectivity index (χ0n) is 13.3. The van der Waals surface area contributed by atoms with Crippen molar-refractivity contribution in [2.24, 2.45) is 0 Å². The SMILES string of the molecule is CCCCCCCCCCC(O)CN(C)CCC(=O)O. The van der Waals surface area contributed by atoms with Gasteiger partial charge in [0.1, 0.15) is 0 Å². The quantitative estimate of drug-likeness (QED) is 0.481. The zero-order valence-corrected chi connectivity index (χ0v) is 13.3. The Morgan fingerprint density at radius 1 is 1.05 bits per heavy atom. The summed E-state index contributed by atoms with van der Waals surface area (Å²) in [6, 6.07) is 0. The molecule has 0 rings (SSSR count). The van der Waals surface area contributed by atoms with Crippen molar-refractivity contribution in [2.75, 3.05) is 20.1 Å². The maximum absolute atomic E-state index is 10.4. The molecule has 120 valence electrons.